The molecule has 0 saturated heterocycles. The highest BCUT2D eigenvalue weighted by molar-refractivity contribution is 5.94. The average Bonchev–Trinajstić information content (AvgIpc) is 3.02. The Bertz CT molecular complexity index is 647. The molecule has 22 heavy (non-hydrogen) atoms. The molecule has 0 spiro atoms. The van der Waals surface area contributed by atoms with Crippen molar-refractivity contribution in [3.8, 4) is 0 Å². The summed E-state index contributed by atoms with van der Waals surface area (Å²) in [7, 11) is 0. The van der Waals surface area contributed by atoms with Crippen molar-refractivity contribution in [1.82, 2.24) is 15.1 Å². The number of fused-ring (bicyclic) bond motifs is 1. The Hall–Kier alpha value is -2.14. The Labute approximate surface area is 130 Å². The Morgan fingerprint density at radius 3 is 2.91 bits per heavy atom. The summed E-state index contributed by atoms with van der Waals surface area (Å²) in [6.07, 6.45) is 3.78. The summed E-state index contributed by atoms with van der Waals surface area (Å²) in [5, 5.41) is 10.1. The molecule has 0 aliphatic carbocycles. The molecule has 1 aromatic carbocycles. The van der Waals surface area contributed by atoms with E-state index in [9.17, 15) is 4.79 Å². The Morgan fingerprint density at radius 1 is 1.41 bits per heavy atom. The molecule has 0 saturated carbocycles. The predicted octanol–water partition coefficient (Wildman–Crippen LogP) is 2.36. The summed E-state index contributed by atoms with van der Waals surface area (Å²) in [5.74, 6) is 0.0381. The van der Waals surface area contributed by atoms with Crippen LogP contribution in [-0.4, -0.2) is 33.6 Å². The zero-order valence-electron chi connectivity index (χ0n) is 13.1. The highest BCUT2D eigenvalue weighted by Gasteiger charge is 2.26. The second kappa shape index (κ2) is 6.32. The zero-order valence-corrected chi connectivity index (χ0v) is 13.1. The van der Waals surface area contributed by atoms with Crippen LogP contribution in [0.15, 0.2) is 30.5 Å². The maximum Gasteiger partial charge on any atom is 0.241 e. The van der Waals surface area contributed by atoms with Crippen molar-refractivity contribution in [2.75, 3.05) is 11.9 Å². The Morgan fingerprint density at radius 2 is 2.18 bits per heavy atom. The van der Waals surface area contributed by atoms with E-state index >= 15 is 0 Å². The van der Waals surface area contributed by atoms with E-state index in [0.717, 1.165) is 31.6 Å². The van der Waals surface area contributed by atoms with Gasteiger partial charge in [0, 0.05) is 36.5 Å². The van der Waals surface area contributed by atoms with Gasteiger partial charge in [0.2, 0.25) is 5.91 Å². The van der Waals surface area contributed by atoms with Gasteiger partial charge < -0.3 is 5.32 Å². The van der Waals surface area contributed by atoms with Crippen LogP contribution in [-0.2, 0) is 24.2 Å². The number of hydrogen-bond acceptors (Lipinski definition) is 3. The molecular formula is C17H22N4O. The Kier molecular flexibility index (Phi) is 4.24. The zero-order chi connectivity index (χ0) is 15.5. The van der Waals surface area contributed by atoms with Gasteiger partial charge in [0.15, 0.2) is 0 Å². The molecule has 2 N–H and O–H groups in total. The third kappa shape index (κ3) is 3.04. The van der Waals surface area contributed by atoms with E-state index in [1.807, 2.05) is 25.3 Å². The highest BCUT2D eigenvalue weighted by Crippen LogP contribution is 2.19. The van der Waals surface area contributed by atoms with E-state index in [1.54, 1.807) is 0 Å². The third-order valence-electron chi connectivity index (χ3n) is 4.39. The lowest BCUT2D eigenvalue weighted by Gasteiger charge is -2.31. The van der Waals surface area contributed by atoms with Crippen molar-refractivity contribution in [2.45, 2.75) is 39.3 Å². The first-order chi connectivity index (χ1) is 10.7. The number of benzene rings is 1. The van der Waals surface area contributed by atoms with Gasteiger partial charge in [0.25, 0.3) is 0 Å². The molecule has 5 heteroatoms. The maximum absolute atomic E-state index is 12.4. The predicted molar refractivity (Wildman–Crippen MR) is 86.6 cm³/mol. The summed E-state index contributed by atoms with van der Waals surface area (Å²) in [4.78, 5) is 14.6. The van der Waals surface area contributed by atoms with Crippen LogP contribution in [0.2, 0.25) is 0 Å². The highest BCUT2D eigenvalue weighted by atomic mass is 16.2. The number of aromatic amines is 1. The third-order valence-corrected chi connectivity index (χ3v) is 4.39. The molecule has 0 fully saturated rings. The molecule has 0 bridgehead atoms. The monoisotopic (exact) mass is 298 g/mol. The van der Waals surface area contributed by atoms with Gasteiger partial charge in [0.1, 0.15) is 0 Å². The minimum atomic E-state index is -0.158. The number of aromatic nitrogens is 2. The molecule has 2 aromatic rings. The van der Waals surface area contributed by atoms with E-state index in [4.69, 9.17) is 0 Å². The number of nitrogens with one attached hydrogen (secondary N) is 2. The van der Waals surface area contributed by atoms with Gasteiger partial charge in [0.05, 0.1) is 12.2 Å². The fourth-order valence-electron chi connectivity index (χ4n) is 2.81. The second-order valence-electron chi connectivity index (χ2n) is 5.81. The van der Waals surface area contributed by atoms with Crippen LogP contribution in [0.5, 0.6) is 0 Å². The molecule has 2 heterocycles. The van der Waals surface area contributed by atoms with E-state index in [2.05, 4.69) is 39.5 Å². The first-order valence-corrected chi connectivity index (χ1v) is 7.82. The van der Waals surface area contributed by atoms with Crippen molar-refractivity contribution in [3.63, 3.8) is 0 Å². The first-order valence-electron chi connectivity index (χ1n) is 7.82. The second-order valence-corrected chi connectivity index (χ2v) is 5.81. The number of amides is 1. The maximum atomic E-state index is 12.4. The molecular weight excluding hydrogens is 276 g/mol. The van der Waals surface area contributed by atoms with E-state index in [-0.39, 0.29) is 11.9 Å². The summed E-state index contributed by atoms with van der Waals surface area (Å²) in [6, 6.07) is 7.88. The topological polar surface area (TPSA) is 61.0 Å². The van der Waals surface area contributed by atoms with Crippen LogP contribution in [0.4, 0.5) is 5.69 Å². The quantitative estimate of drug-likeness (QED) is 0.911. The molecule has 1 aliphatic rings. The van der Waals surface area contributed by atoms with Crippen LogP contribution >= 0.6 is 0 Å². The molecule has 0 radical (unpaired) electrons. The fraction of sp³-hybridized carbons (Fsp3) is 0.412. The summed E-state index contributed by atoms with van der Waals surface area (Å²) in [5.41, 5.74) is 4.52. The van der Waals surface area contributed by atoms with Crippen molar-refractivity contribution in [2.24, 2.45) is 0 Å². The number of nitrogens with zero attached hydrogens (tertiary/aromatic N) is 2. The number of hydrogen-bond donors (Lipinski definition) is 2. The standard InChI is InChI=1S/C17H22N4O/c1-3-13-4-6-15(7-5-13)19-17(22)12(2)21-9-8-16-14(11-21)10-18-20-16/h4-7,10,12H,3,8-9,11H2,1-2H3,(H,18,20)(H,19,22)/t12-/m1/s1. The van der Waals surface area contributed by atoms with Crippen molar-refractivity contribution in [1.29, 1.82) is 0 Å². The van der Waals surface area contributed by atoms with E-state index in [0.29, 0.717) is 0 Å². The number of carbonyl (C=O) groups is 1. The molecule has 5 nitrogen and oxygen atoms in total. The fourth-order valence-corrected chi connectivity index (χ4v) is 2.81. The molecule has 1 aromatic heterocycles. The van der Waals surface area contributed by atoms with Crippen LogP contribution in [0.25, 0.3) is 0 Å². The SMILES string of the molecule is CCc1ccc(NC(=O)[C@@H](C)N2CCc3[nH]ncc3C2)cc1. The van der Waals surface area contributed by atoms with Gasteiger partial charge in [-0.25, -0.2) is 0 Å². The smallest absolute Gasteiger partial charge is 0.241 e. The van der Waals surface area contributed by atoms with E-state index in [1.165, 1.54) is 16.8 Å². The first kappa shape index (κ1) is 14.8. The average molecular weight is 298 g/mol. The molecule has 3 rings (SSSR count). The number of rotatable bonds is 4. The van der Waals surface area contributed by atoms with Gasteiger partial charge in [-0.2, -0.15) is 5.10 Å². The molecule has 116 valence electrons. The van der Waals surface area contributed by atoms with Gasteiger partial charge in [-0.1, -0.05) is 19.1 Å². The summed E-state index contributed by atoms with van der Waals surface area (Å²) >= 11 is 0. The lowest BCUT2D eigenvalue weighted by atomic mass is 10.1. The largest absolute Gasteiger partial charge is 0.325 e. The molecule has 0 unspecified atom stereocenters. The number of H-pyrrole nitrogens is 1. The van der Waals surface area contributed by atoms with Crippen LogP contribution in [0.1, 0.15) is 30.7 Å². The normalized spacial score (nSPS) is 16.1. The number of aryl methyl sites for hydroxylation is 1. The molecule has 1 aliphatic heterocycles. The van der Waals surface area contributed by atoms with Gasteiger partial charge >= 0.3 is 0 Å². The summed E-state index contributed by atoms with van der Waals surface area (Å²) in [6.45, 7) is 5.73. The Balaban J connectivity index is 1.62. The molecule has 1 atom stereocenters. The lowest BCUT2D eigenvalue weighted by Crippen LogP contribution is -2.44. The summed E-state index contributed by atoms with van der Waals surface area (Å²) < 4.78 is 0. The van der Waals surface area contributed by atoms with Crippen molar-refractivity contribution >= 4 is 11.6 Å². The van der Waals surface area contributed by atoms with Crippen molar-refractivity contribution in [3.05, 3.63) is 47.3 Å². The van der Waals surface area contributed by atoms with Crippen LogP contribution in [0, 0.1) is 0 Å². The molecule has 1 amide bonds. The lowest BCUT2D eigenvalue weighted by molar-refractivity contribution is -0.121. The van der Waals surface area contributed by atoms with Crippen LogP contribution < -0.4 is 5.32 Å². The van der Waals surface area contributed by atoms with Crippen LogP contribution in [0.3, 0.4) is 0 Å². The van der Waals surface area contributed by atoms with Crippen molar-refractivity contribution < 1.29 is 4.79 Å². The minimum Gasteiger partial charge on any atom is -0.325 e. The van der Waals surface area contributed by atoms with Gasteiger partial charge in [-0.05, 0) is 31.0 Å². The number of anilines is 1. The minimum absolute atomic E-state index is 0.0381. The van der Waals surface area contributed by atoms with Gasteiger partial charge in [-0.15, -0.1) is 0 Å². The van der Waals surface area contributed by atoms with E-state index < -0.39 is 0 Å². The number of carbonyl (C=O) groups excluding carboxylic acids is 1. The van der Waals surface area contributed by atoms with Gasteiger partial charge in [-0.3, -0.25) is 14.8 Å².